The second-order valence-corrected chi connectivity index (χ2v) is 5.35. The Labute approximate surface area is 131 Å². The lowest BCUT2D eigenvalue weighted by molar-refractivity contribution is -0.384. The number of anilines is 1. The number of aromatic nitrogens is 2. The number of rotatable bonds is 6. The number of hydrogen-bond donors (Lipinski definition) is 1. The van der Waals surface area contributed by atoms with Crippen LogP contribution in [0.2, 0.25) is 0 Å². The zero-order valence-electron chi connectivity index (χ0n) is 12.1. The quantitative estimate of drug-likeness (QED) is 0.643. The number of non-ortho nitro benzene ring substituents is 1. The smallest absolute Gasteiger partial charge is 0.356 e. The third-order valence-electron chi connectivity index (χ3n) is 3.64. The average molecular weight is 314 g/mol. The molecule has 0 atom stereocenters. The van der Waals surface area contributed by atoms with Crippen molar-refractivity contribution in [2.75, 3.05) is 4.90 Å². The zero-order chi connectivity index (χ0) is 16.4. The van der Waals surface area contributed by atoms with Gasteiger partial charge in [-0.05, 0) is 18.4 Å². The number of carboxylic acid groups (broad SMARTS) is 1. The molecule has 1 aromatic carbocycles. The summed E-state index contributed by atoms with van der Waals surface area (Å²) in [5.74, 6) is -0.506. The molecule has 8 nitrogen and oxygen atoms in total. The van der Waals surface area contributed by atoms with Crippen LogP contribution in [0.3, 0.4) is 0 Å². The highest BCUT2D eigenvalue weighted by Crippen LogP contribution is 2.32. The minimum absolute atomic E-state index is 0.0531. The Morgan fingerprint density at radius 3 is 2.43 bits per heavy atom. The minimum Gasteiger partial charge on any atom is -0.476 e. The highest BCUT2D eigenvalue weighted by Gasteiger charge is 2.30. The fraction of sp³-hybridized carbons (Fsp3) is 0.267. The second-order valence-electron chi connectivity index (χ2n) is 5.35. The van der Waals surface area contributed by atoms with E-state index < -0.39 is 10.9 Å². The summed E-state index contributed by atoms with van der Waals surface area (Å²) in [4.78, 5) is 31.2. The van der Waals surface area contributed by atoms with E-state index in [9.17, 15) is 14.9 Å². The first-order valence-corrected chi connectivity index (χ1v) is 7.10. The highest BCUT2D eigenvalue weighted by molar-refractivity contribution is 5.84. The van der Waals surface area contributed by atoms with Gasteiger partial charge in [0.2, 0.25) is 0 Å². The van der Waals surface area contributed by atoms with Gasteiger partial charge in [-0.3, -0.25) is 10.1 Å². The molecular formula is C15H14N4O4. The van der Waals surface area contributed by atoms with E-state index in [2.05, 4.69) is 9.97 Å². The van der Waals surface area contributed by atoms with Gasteiger partial charge in [-0.25, -0.2) is 14.8 Å². The predicted octanol–water partition coefficient (Wildman–Crippen LogP) is 2.25. The maximum absolute atomic E-state index is 10.8. The molecule has 0 aliphatic heterocycles. The van der Waals surface area contributed by atoms with Gasteiger partial charge in [-0.15, -0.1) is 0 Å². The maximum Gasteiger partial charge on any atom is 0.356 e. The summed E-state index contributed by atoms with van der Waals surface area (Å²) in [6.07, 6.45) is 4.76. The SMILES string of the molecule is O=C(O)c1cnc(N(Cc2ccc([N+](=O)[O-])cc2)C2CC2)cn1. The first kappa shape index (κ1) is 14.9. The van der Waals surface area contributed by atoms with Crippen LogP contribution in [0, 0.1) is 10.1 Å². The fourth-order valence-electron chi connectivity index (χ4n) is 2.28. The molecule has 1 fully saturated rings. The van der Waals surface area contributed by atoms with Gasteiger partial charge in [-0.2, -0.15) is 0 Å². The second kappa shape index (κ2) is 5.99. The molecule has 0 unspecified atom stereocenters. The van der Waals surface area contributed by atoms with E-state index in [1.807, 2.05) is 4.90 Å². The Balaban J connectivity index is 1.79. The van der Waals surface area contributed by atoms with E-state index in [0.717, 1.165) is 18.4 Å². The molecule has 1 aromatic heterocycles. The number of benzene rings is 1. The van der Waals surface area contributed by atoms with Gasteiger partial charge in [0.25, 0.3) is 5.69 Å². The lowest BCUT2D eigenvalue weighted by Crippen LogP contribution is -2.26. The minimum atomic E-state index is -1.11. The summed E-state index contributed by atoms with van der Waals surface area (Å²) < 4.78 is 0. The molecule has 118 valence electrons. The van der Waals surface area contributed by atoms with Crippen LogP contribution < -0.4 is 4.90 Å². The Morgan fingerprint density at radius 1 is 1.26 bits per heavy atom. The molecule has 1 N–H and O–H groups in total. The van der Waals surface area contributed by atoms with E-state index in [0.29, 0.717) is 18.4 Å². The standard InChI is InChI=1S/C15H14N4O4/c20-15(21)13-7-17-14(8-16-13)18(11-5-6-11)9-10-1-3-12(4-2-10)19(22)23/h1-4,7-8,11H,5-6,9H2,(H,20,21). The van der Waals surface area contributed by atoms with Crippen LogP contribution in [-0.2, 0) is 6.54 Å². The monoisotopic (exact) mass is 314 g/mol. The van der Waals surface area contributed by atoms with Crippen LogP contribution in [0.4, 0.5) is 11.5 Å². The summed E-state index contributed by atoms with van der Waals surface area (Å²) in [7, 11) is 0. The van der Waals surface area contributed by atoms with E-state index >= 15 is 0 Å². The van der Waals surface area contributed by atoms with Crippen molar-refractivity contribution in [2.45, 2.75) is 25.4 Å². The molecule has 8 heteroatoms. The van der Waals surface area contributed by atoms with Crippen LogP contribution in [-0.4, -0.2) is 32.0 Å². The van der Waals surface area contributed by atoms with Crippen molar-refractivity contribution in [1.82, 2.24) is 9.97 Å². The molecule has 3 rings (SSSR count). The average Bonchev–Trinajstić information content (AvgIpc) is 3.38. The lowest BCUT2D eigenvalue weighted by atomic mass is 10.2. The highest BCUT2D eigenvalue weighted by atomic mass is 16.6. The van der Waals surface area contributed by atoms with Gasteiger partial charge < -0.3 is 10.0 Å². The molecule has 23 heavy (non-hydrogen) atoms. The topological polar surface area (TPSA) is 109 Å². The Bertz CT molecular complexity index is 726. The normalized spacial score (nSPS) is 13.6. The molecule has 1 aliphatic carbocycles. The van der Waals surface area contributed by atoms with Gasteiger partial charge in [0.05, 0.1) is 17.3 Å². The summed E-state index contributed by atoms with van der Waals surface area (Å²) in [6, 6.07) is 6.72. The predicted molar refractivity (Wildman–Crippen MR) is 81.3 cm³/mol. The van der Waals surface area contributed by atoms with E-state index in [-0.39, 0.29) is 11.4 Å². The van der Waals surface area contributed by atoms with Crippen LogP contribution in [0.15, 0.2) is 36.7 Å². The number of nitro benzene ring substituents is 1. The number of aromatic carboxylic acids is 1. The number of hydrogen-bond acceptors (Lipinski definition) is 6. The van der Waals surface area contributed by atoms with Crippen molar-refractivity contribution in [2.24, 2.45) is 0 Å². The Kier molecular flexibility index (Phi) is 3.88. The molecule has 0 radical (unpaired) electrons. The van der Waals surface area contributed by atoms with E-state index in [1.54, 1.807) is 12.1 Å². The molecule has 1 saturated carbocycles. The lowest BCUT2D eigenvalue weighted by Gasteiger charge is -2.23. The number of nitro groups is 1. The molecular weight excluding hydrogens is 300 g/mol. The number of carboxylic acids is 1. The first-order valence-electron chi connectivity index (χ1n) is 7.10. The van der Waals surface area contributed by atoms with Crippen molar-refractivity contribution < 1.29 is 14.8 Å². The van der Waals surface area contributed by atoms with Crippen molar-refractivity contribution in [3.05, 3.63) is 58.0 Å². The van der Waals surface area contributed by atoms with Gasteiger partial charge in [0.1, 0.15) is 5.82 Å². The summed E-state index contributed by atoms with van der Waals surface area (Å²) in [5, 5.41) is 19.6. The number of nitrogens with zero attached hydrogens (tertiary/aromatic N) is 4. The molecule has 1 heterocycles. The van der Waals surface area contributed by atoms with Crippen molar-refractivity contribution in [1.29, 1.82) is 0 Å². The van der Waals surface area contributed by atoms with Crippen LogP contribution in [0.25, 0.3) is 0 Å². The summed E-state index contributed by atoms with van der Waals surface area (Å²) in [5.41, 5.74) is 0.878. The largest absolute Gasteiger partial charge is 0.476 e. The van der Waals surface area contributed by atoms with Gasteiger partial charge in [0, 0.05) is 24.7 Å². The van der Waals surface area contributed by atoms with Gasteiger partial charge in [0.15, 0.2) is 5.69 Å². The molecule has 2 aromatic rings. The summed E-state index contributed by atoms with van der Waals surface area (Å²) >= 11 is 0. The van der Waals surface area contributed by atoms with Crippen molar-refractivity contribution in [3.63, 3.8) is 0 Å². The van der Waals surface area contributed by atoms with E-state index in [4.69, 9.17) is 5.11 Å². The third-order valence-corrected chi connectivity index (χ3v) is 3.64. The van der Waals surface area contributed by atoms with E-state index in [1.165, 1.54) is 24.5 Å². The van der Waals surface area contributed by atoms with Crippen LogP contribution >= 0.6 is 0 Å². The van der Waals surface area contributed by atoms with Crippen molar-refractivity contribution >= 4 is 17.5 Å². The summed E-state index contributed by atoms with van der Waals surface area (Å²) in [6.45, 7) is 0.545. The van der Waals surface area contributed by atoms with Gasteiger partial charge in [-0.1, -0.05) is 12.1 Å². The van der Waals surface area contributed by atoms with Gasteiger partial charge >= 0.3 is 5.97 Å². The Hall–Kier alpha value is -3.03. The first-order chi connectivity index (χ1) is 11.0. The molecule has 0 spiro atoms. The third kappa shape index (κ3) is 3.42. The maximum atomic E-state index is 10.8. The van der Waals surface area contributed by atoms with Crippen LogP contribution in [0.5, 0.6) is 0 Å². The van der Waals surface area contributed by atoms with Crippen molar-refractivity contribution in [3.8, 4) is 0 Å². The molecule has 0 bridgehead atoms. The Morgan fingerprint density at radius 2 is 1.96 bits per heavy atom. The number of carbonyl (C=O) groups is 1. The molecule has 0 amide bonds. The fourth-order valence-corrected chi connectivity index (χ4v) is 2.28. The molecule has 1 aliphatic rings. The van der Waals surface area contributed by atoms with Crippen LogP contribution in [0.1, 0.15) is 28.9 Å². The molecule has 0 saturated heterocycles. The zero-order valence-corrected chi connectivity index (χ0v) is 12.1.